The van der Waals surface area contributed by atoms with E-state index in [0.717, 1.165) is 5.69 Å². The van der Waals surface area contributed by atoms with Crippen LogP contribution in [0.15, 0.2) is 60.8 Å². The van der Waals surface area contributed by atoms with Gasteiger partial charge in [-0.2, -0.15) is 0 Å². The highest BCUT2D eigenvalue weighted by Crippen LogP contribution is 2.25. The zero-order valence-electron chi connectivity index (χ0n) is 16.6. The van der Waals surface area contributed by atoms with Gasteiger partial charge in [0.2, 0.25) is 0 Å². The zero-order valence-corrected chi connectivity index (χ0v) is 16.6. The van der Waals surface area contributed by atoms with Gasteiger partial charge in [0.25, 0.3) is 5.91 Å². The highest BCUT2D eigenvalue weighted by Gasteiger charge is 2.15. The molecule has 8 heteroatoms. The molecular weight excluding hydrogens is 385 g/mol. The van der Waals surface area contributed by atoms with Gasteiger partial charge in [0.05, 0.1) is 11.3 Å². The summed E-state index contributed by atoms with van der Waals surface area (Å²) in [6.07, 6.45) is 1.36. The molecular formula is C22H22FN5O2. The van der Waals surface area contributed by atoms with Gasteiger partial charge in [-0.15, -0.1) is 0 Å². The average molecular weight is 407 g/mol. The van der Waals surface area contributed by atoms with E-state index in [1.54, 1.807) is 26.0 Å². The van der Waals surface area contributed by atoms with E-state index in [1.165, 1.54) is 18.3 Å². The fourth-order valence-electron chi connectivity index (χ4n) is 2.81. The van der Waals surface area contributed by atoms with Gasteiger partial charge in [0.15, 0.2) is 0 Å². The van der Waals surface area contributed by atoms with Crippen molar-refractivity contribution in [1.82, 2.24) is 10.3 Å². The maximum Gasteiger partial charge on any atom is 0.320 e. The highest BCUT2D eigenvalue weighted by atomic mass is 19.1. The number of anilines is 4. The second-order valence-corrected chi connectivity index (χ2v) is 6.56. The lowest BCUT2D eigenvalue weighted by Gasteiger charge is -2.14. The molecule has 30 heavy (non-hydrogen) atoms. The first-order chi connectivity index (χ1) is 14.4. The van der Waals surface area contributed by atoms with Gasteiger partial charge in [0, 0.05) is 30.2 Å². The molecule has 3 rings (SSSR count). The van der Waals surface area contributed by atoms with Crippen LogP contribution in [0.2, 0.25) is 0 Å². The maximum atomic E-state index is 13.7. The first-order valence-corrected chi connectivity index (χ1v) is 9.40. The lowest BCUT2D eigenvalue weighted by atomic mass is 10.1. The highest BCUT2D eigenvalue weighted by molar-refractivity contribution is 6.08. The summed E-state index contributed by atoms with van der Waals surface area (Å²) in [4.78, 5) is 28.8. The van der Waals surface area contributed by atoms with Crippen LogP contribution in [0, 0.1) is 12.7 Å². The van der Waals surface area contributed by atoms with Crippen LogP contribution < -0.4 is 21.3 Å². The second-order valence-electron chi connectivity index (χ2n) is 6.56. The lowest BCUT2D eigenvalue weighted by Crippen LogP contribution is -2.28. The molecule has 7 nitrogen and oxygen atoms in total. The van der Waals surface area contributed by atoms with Crippen LogP contribution in [0.3, 0.4) is 0 Å². The average Bonchev–Trinajstić information content (AvgIpc) is 2.68. The standard InChI is InChI=1S/C22H22FN5O2/c1-3-24-22(30)28-20-12-19(26-16-7-5-4-6-8-16)18(13-25-20)21(29)27-17-10-14(2)9-15(23)11-17/h4-13H,3H2,1-2H3,(H,27,29)(H3,24,25,26,28,30). The SMILES string of the molecule is CCNC(=O)Nc1cc(Nc2ccccc2)c(C(=O)Nc2cc(C)cc(F)c2)cn1. The number of pyridine rings is 1. The Morgan fingerprint density at radius 2 is 1.77 bits per heavy atom. The Morgan fingerprint density at radius 1 is 1.00 bits per heavy atom. The second kappa shape index (κ2) is 9.51. The summed E-state index contributed by atoms with van der Waals surface area (Å²) in [7, 11) is 0. The number of benzene rings is 2. The Labute approximate surface area is 173 Å². The van der Waals surface area contributed by atoms with E-state index >= 15 is 0 Å². The Morgan fingerprint density at radius 3 is 2.47 bits per heavy atom. The van der Waals surface area contributed by atoms with Crippen molar-refractivity contribution in [2.75, 3.05) is 22.5 Å². The number of hydrogen-bond donors (Lipinski definition) is 4. The van der Waals surface area contributed by atoms with Crippen molar-refractivity contribution >= 4 is 34.8 Å². The number of carbonyl (C=O) groups is 2. The predicted octanol–water partition coefficient (Wildman–Crippen LogP) is 4.67. The third kappa shape index (κ3) is 5.54. The predicted molar refractivity (Wildman–Crippen MR) is 116 cm³/mol. The van der Waals surface area contributed by atoms with E-state index in [-0.39, 0.29) is 11.4 Å². The summed E-state index contributed by atoms with van der Waals surface area (Å²) < 4.78 is 13.7. The number of carbonyl (C=O) groups excluding carboxylic acids is 2. The van der Waals surface area contributed by atoms with Crippen molar-refractivity contribution in [3.05, 3.63) is 77.7 Å². The quantitative estimate of drug-likeness (QED) is 0.478. The van der Waals surface area contributed by atoms with Crippen molar-refractivity contribution in [3.8, 4) is 0 Å². The number of aromatic nitrogens is 1. The number of aryl methyl sites for hydroxylation is 1. The van der Waals surface area contributed by atoms with Crippen LogP contribution in [-0.2, 0) is 0 Å². The molecule has 0 saturated heterocycles. The largest absolute Gasteiger partial charge is 0.355 e. The normalized spacial score (nSPS) is 10.2. The number of halogens is 1. The number of para-hydroxylation sites is 1. The summed E-state index contributed by atoms with van der Waals surface area (Å²) in [6.45, 7) is 4.01. The van der Waals surface area contributed by atoms with Crippen LogP contribution in [0.5, 0.6) is 0 Å². The summed E-state index contributed by atoms with van der Waals surface area (Å²) in [6, 6.07) is 14.7. The van der Waals surface area contributed by atoms with E-state index < -0.39 is 17.8 Å². The third-order valence-electron chi connectivity index (χ3n) is 4.08. The van der Waals surface area contributed by atoms with Gasteiger partial charge in [-0.05, 0) is 49.7 Å². The van der Waals surface area contributed by atoms with Crippen molar-refractivity contribution in [2.24, 2.45) is 0 Å². The van der Waals surface area contributed by atoms with Gasteiger partial charge < -0.3 is 16.0 Å². The fraction of sp³-hybridized carbons (Fsp3) is 0.136. The molecule has 3 amide bonds. The van der Waals surface area contributed by atoms with Crippen LogP contribution in [0.1, 0.15) is 22.8 Å². The topological polar surface area (TPSA) is 95.2 Å². The van der Waals surface area contributed by atoms with Gasteiger partial charge >= 0.3 is 6.03 Å². The van der Waals surface area contributed by atoms with Crippen LogP contribution in [0.25, 0.3) is 0 Å². The molecule has 4 N–H and O–H groups in total. The minimum Gasteiger partial charge on any atom is -0.355 e. The first-order valence-electron chi connectivity index (χ1n) is 9.40. The summed E-state index contributed by atoms with van der Waals surface area (Å²) in [5.41, 5.74) is 2.46. The van der Waals surface area contributed by atoms with Crippen molar-refractivity contribution < 1.29 is 14.0 Å². The molecule has 0 saturated carbocycles. The molecule has 0 spiro atoms. The van der Waals surface area contributed by atoms with Gasteiger partial charge in [-0.3, -0.25) is 10.1 Å². The molecule has 0 aliphatic heterocycles. The lowest BCUT2D eigenvalue weighted by molar-refractivity contribution is 0.102. The molecule has 0 atom stereocenters. The Bertz CT molecular complexity index is 1040. The Kier molecular flexibility index (Phi) is 6.59. The van der Waals surface area contributed by atoms with Gasteiger partial charge in [0.1, 0.15) is 11.6 Å². The van der Waals surface area contributed by atoms with Crippen LogP contribution in [0.4, 0.5) is 32.1 Å². The minimum atomic E-state index is -0.463. The number of nitrogens with one attached hydrogen (secondary N) is 4. The zero-order chi connectivity index (χ0) is 21.5. The molecule has 3 aromatic rings. The van der Waals surface area contributed by atoms with E-state index in [4.69, 9.17) is 0 Å². The molecule has 0 radical (unpaired) electrons. The number of urea groups is 1. The Hall–Kier alpha value is -3.94. The van der Waals surface area contributed by atoms with E-state index in [2.05, 4.69) is 26.3 Å². The smallest absolute Gasteiger partial charge is 0.320 e. The molecule has 1 heterocycles. The Balaban J connectivity index is 1.90. The van der Waals surface area contributed by atoms with E-state index in [9.17, 15) is 14.0 Å². The monoisotopic (exact) mass is 407 g/mol. The van der Waals surface area contributed by atoms with E-state index in [0.29, 0.717) is 23.5 Å². The van der Waals surface area contributed by atoms with Crippen molar-refractivity contribution in [3.63, 3.8) is 0 Å². The number of nitrogens with zero attached hydrogens (tertiary/aromatic N) is 1. The van der Waals surface area contributed by atoms with E-state index in [1.807, 2.05) is 30.3 Å². The molecule has 154 valence electrons. The number of hydrogen-bond acceptors (Lipinski definition) is 4. The molecule has 0 fully saturated rings. The maximum absolute atomic E-state index is 13.7. The molecule has 1 aromatic heterocycles. The number of amides is 3. The molecule has 0 aliphatic rings. The minimum absolute atomic E-state index is 0.238. The first kappa shape index (κ1) is 20.8. The molecule has 2 aromatic carbocycles. The third-order valence-corrected chi connectivity index (χ3v) is 4.08. The fourth-order valence-corrected chi connectivity index (χ4v) is 2.81. The number of rotatable bonds is 6. The molecule has 0 bridgehead atoms. The summed E-state index contributed by atoms with van der Waals surface area (Å²) in [5, 5.41) is 11.1. The molecule has 0 aliphatic carbocycles. The van der Waals surface area contributed by atoms with Gasteiger partial charge in [-0.25, -0.2) is 14.2 Å². The van der Waals surface area contributed by atoms with Crippen LogP contribution >= 0.6 is 0 Å². The van der Waals surface area contributed by atoms with Crippen molar-refractivity contribution in [1.29, 1.82) is 0 Å². The summed E-state index contributed by atoms with van der Waals surface area (Å²) >= 11 is 0. The summed E-state index contributed by atoms with van der Waals surface area (Å²) in [5.74, 6) is -0.624. The van der Waals surface area contributed by atoms with Gasteiger partial charge in [-0.1, -0.05) is 18.2 Å². The molecule has 0 unspecified atom stereocenters. The van der Waals surface area contributed by atoms with Crippen LogP contribution in [-0.4, -0.2) is 23.5 Å². The van der Waals surface area contributed by atoms with Crippen molar-refractivity contribution in [2.45, 2.75) is 13.8 Å².